The van der Waals surface area contributed by atoms with Crippen LogP contribution in [-0.2, 0) is 17.6 Å². The zero-order valence-electron chi connectivity index (χ0n) is 19.9. The number of carbonyl (C=O) groups excluding carboxylic acids is 1. The Bertz CT molecular complexity index is 1210. The van der Waals surface area contributed by atoms with Crippen molar-refractivity contribution in [2.75, 3.05) is 18.5 Å². The van der Waals surface area contributed by atoms with Crippen molar-refractivity contribution in [3.8, 4) is 17.6 Å². The van der Waals surface area contributed by atoms with Gasteiger partial charge in [-0.15, -0.1) is 16.8 Å². The van der Waals surface area contributed by atoms with E-state index in [4.69, 9.17) is 9.47 Å². The summed E-state index contributed by atoms with van der Waals surface area (Å²) in [4.78, 5) is 12.5. The number of ether oxygens (including phenoxy) is 2. The zero-order chi connectivity index (χ0) is 25.0. The molecule has 0 aliphatic heterocycles. The number of nitrogens with one attached hydrogen (secondary N) is 1. The van der Waals surface area contributed by atoms with E-state index in [0.717, 1.165) is 29.2 Å². The molecule has 1 N–H and O–H groups in total. The number of anilines is 1. The molecule has 0 aliphatic carbocycles. The number of nitrogens with zero attached hydrogens (tertiary/aromatic N) is 3. The molecule has 0 unspecified atom stereocenters. The van der Waals surface area contributed by atoms with Crippen molar-refractivity contribution in [1.29, 1.82) is 5.26 Å². The largest absolute Gasteiger partial charge is 0.490 e. The number of rotatable bonds is 12. The Morgan fingerprint density at radius 3 is 2.60 bits per heavy atom. The van der Waals surface area contributed by atoms with E-state index in [1.165, 1.54) is 17.4 Å². The highest BCUT2D eigenvalue weighted by Gasteiger charge is 2.13. The molecule has 8 heteroatoms. The van der Waals surface area contributed by atoms with Crippen molar-refractivity contribution in [3.05, 3.63) is 82.9 Å². The number of benzene rings is 2. The Morgan fingerprint density at radius 2 is 1.89 bits per heavy atom. The van der Waals surface area contributed by atoms with Crippen molar-refractivity contribution in [2.45, 2.75) is 26.7 Å². The first-order chi connectivity index (χ1) is 17.0. The highest BCUT2D eigenvalue weighted by Crippen LogP contribution is 2.21. The Balaban J connectivity index is 1.52. The van der Waals surface area contributed by atoms with Gasteiger partial charge in [-0.05, 0) is 47.7 Å². The Morgan fingerprint density at radius 1 is 1.14 bits per heavy atom. The van der Waals surface area contributed by atoms with Crippen LogP contribution in [-0.4, -0.2) is 29.3 Å². The maximum Gasteiger partial charge on any atom is 0.268 e. The molecule has 0 atom stereocenters. The maximum absolute atomic E-state index is 12.5. The molecule has 180 valence electrons. The summed E-state index contributed by atoms with van der Waals surface area (Å²) in [5.74, 6) is 1.41. The van der Waals surface area contributed by atoms with Crippen molar-refractivity contribution in [1.82, 2.24) is 10.2 Å². The van der Waals surface area contributed by atoms with Gasteiger partial charge in [0.05, 0.1) is 0 Å². The second kappa shape index (κ2) is 13.1. The first-order valence-electron chi connectivity index (χ1n) is 11.3. The van der Waals surface area contributed by atoms with Gasteiger partial charge in [-0.1, -0.05) is 61.6 Å². The molecule has 0 bridgehead atoms. The van der Waals surface area contributed by atoms with Gasteiger partial charge in [-0.3, -0.25) is 10.1 Å². The minimum atomic E-state index is -0.519. The van der Waals surface area contributed by atoms with Gasteiger partial charge in [0.15, 0.2) is 0 Å². The topological polar surface area (TPSA) is 97.1 Å². The molecule has 35 heavy (non-hydrogen) atoms. The average molecular weight is 489 g/mol. The number of amides is 1. The monoisotopic (exact) mass is 488 g/mol. The highest BCUT2D eigenvalue weighted by atomic mass is 32.1. The third-order valence-corrected chi connectivity index (χ3v) is 5.63. The average Bonchev–Trinajstić information content (AvgIpc) is 3.28. The molecular formula is C27H28N4O3S. The molecule has 1 amide bonds. The number of allylic oxidation sites excluding steroid dienone is 1. The van der Waals surface area contributed by atoms with Gasteiger partial charge in [0.1, 0.15) is 41.4 Å². The van der Waals surface area contributed by atoms with Crippen LogP contribution in [0.2, 0.25) is 0 Å². The van der Waals surface area contributed by atoms with Crippen LogP contribution in [0.5, 0.6) is 11.5 Å². The lowest BCUT2D eigenvalue weighted by molar-refractivity contribution is -0.112. The van der Waals surface area contributed by atoms with E-state index in [2.05, 4.69) is 35.9 Å². The van der Waals surface area contributed by atoms with Crippen LogP contribution in [0.3, 0.4) is 0 Å². The maximum atomic E-state index is 12.5. The molecule has 3 rings (SSSR count). The molecule has 2 aromatic carbocycles. The summed E-state index contributed by atoms with van der Waals surface area (Å²) in [5.41, 5.74) is 1.76. The van der Waals surface area contributed by atoms with Crippen LogP contribution in [0.25, 0.3) is 6.08 Å². The van der Waals surface area contributed by atoms with Gasteiger partial charge in [-0.2, -0.15) is 5.26 Å². The molecule has 0 fully saturated rings. The van der Waals surface area contributed by atoms with Gasteiger partial charge < -0.3 is 9.47 Å². The zero-order valence-corrected chi connectivity index (χ0v) is 20.7. The number of aromatic nitrogens is 2. The Kier molecular flexibility index (Phi) is 9.58. The summed E-state index contributed by atoms with van der Waals surface area (Å²) < 4.78 is 11.6. The SMILES string of the molecule is C=CCc1ccccc1OCCOc1ccc(/C=C(/C#N)C(=O)Nc2nnc(CC(C)C)s2)cc1. The summed E-state index contributed by atoms with van der Waals surface area (Å²) >= 11 is 1.31. The van der Waals surface area contributed by atoms with E-state index in [0.29, 0.717) is 35.6 Å². The minimum absolute atomic E-state index is 0.0223. The third-order valence-electron chi connectivity index (χ3n) is 4.77. The molecular weight excluding hydrogens is 460 g/mol. The third kappa shape index (κ3) is 8.09. The fraction of sp³-hybridized carbons (Fsp3) is 0.259. The van der Waals surface area contributed by atoms with Crippen molar-refractivity contribution in [2.24, 2.45) is 5.92 Å². The van der Waals surface area contributed by atoms with Crippen LogP contribution >= 0.6 is 11.3 Å². The predicted octanol–water partition coefficient (Wildman–Crippen LogP) is 5.47. The van der Waals surface area contributed by atoms with E-state index in [1.54, 1.807) is 24.3 Å². The fourth-order valence-corrected chi connectivity index (χ4v) is 4.10. The van der Waals surface area contributed by atoms with Gasteiger partial charge >= 0.3 is 0 Å². The lowest BCUT2D eigenvalue weighted by Gasteiger charge is -2.11. The lowest BCUT2D eigenvalue weighted by atomic mass is 10.1. The molecule has 1 heterocycles. The van der Waals surface area contributed by atoms with E-state index in [9.17, 15) is 10.1 Å². The van der Waals surface area contributed by atoms with Crippen LogP contribution in [0.1, 0.15) is 30.0 Å². The second-order valence-corrected chi connectivity index (χ2v) is 9.15. The van der Waals surface area contributed by atoms with E-state index >= 15 is 0 Å². The Labute approximate surface area is 209 Å². The minimum Gasteiger partial charge on any atom is -0.490 e. The highest BCUT2D eigenvalue weighted by molar-refractivity contribution is 7.15. The summed E-state index contributed by atoms with van der Waals surface area (Å²) in [5, 5.41) is 21.4. The fourth-order valence-electron chi connectivity index (χ4n) is 3.16. The quantitative estimate of drug-likeness (QED) is 0.157. The predicted molar refractivity (Wildman–Crippen MR) is 138 cm³/mol. The smallest absolute Gasteiger partial charge is 0.268 e. The molecule has 1 aromatic heterocycles. The van der Waals surface area contributed by atoms with Crippen molar-refractivity contribution >= 4 is 28.5 Å². The molecule has 0 saturated carbocycles. The standard InChI is InChI=1S/C27H28N4O3S/c1-4-7-21-8-5-6-9-24(21)34-15-14-33-23-12-10-20(11-13-23)17-22(18-28)26(32)29-27-31-30-25(35-27)16-19(2)3/h4-6,8-13,17,19H,1,7,14-16H2,2-3H3,(H,29,31,32)/b22-17-. The number of hydrogen-bond donors (Lipinski definition) is 1. The molecule has 0 radical (unpaired) electrons. The van der Waals surface area contributed by atoms with Crippen LogP contribution in [0, 0.1) is 17.2 Å². The molecule has 3 aromatic rings. The van der Waals surface area contributed by atoms with Gasteiger partial charge in [0.2, 0.25) is 5.13 Å². The number of para-hydroxylation sites is 1. The first-order valence-corrected chi connectivity index (χ1v) is 12.1. The molecule has 0 spiro atoms. The van der Waals surface area contributed by atoms with Crippen molar-refractivity contribution < 1.29 is 14.3 Å². The molecule has 7 nitrogen and oxygen atoms in total. The number of carbonyl (C=O) groups is 1. The second-order valence-electron chi connectivity index (χ2n) is 8.09. The van der Waals surface area contributed by atoms with Crippen LogP contribution < -0.4 is 14.8 Å². The van der Waals surface area contributed by atoms with E-state index in [-0.39, 0.29) is 5.57 Å². The molecule has 0 saturated heterocycles. The number of hydrogen-bond acceptors (Lipinski definition) is 7. The van der Waals surface area contributed by atoms with Crippen LogP contribution in [0.15, 0.2) is 66.8 Å². The van der Waals surface area contributed by atoms with Crippen molar-refractivity contribution in [3.63, 3.8) is 0 Å². The summed E-state index contributed by atoms with van der Waals surface area (Å²) in [6.45, 7) is 8.73. The van der Waals surface area contributed by atoms with E-state index < -0.39 is 5.91 Å². The summed E-state index contributed by atoms with van der Waals surface area (Å²) in [6, 6.07) is 16.9. The summed E-state index contributed by atoms with van der Waals surface area (Å²) in [7, 11) is 0. The molecule has 0 aliphatic rings. The van der Waals surface area contributed by atoms with Gasteiger partial charge in [-0.25, -0.2) is 0 Å². The summed E-state index contributed by atoms with van der Waals surface area (Å²) in [6.07, 6.45) is 4.90. The van der Waals surface area contributed by atoms with E-state index in [1.807, 2.05) is 36.4 Å². The van der Waals surface area contributed by atoms with Gasteiger partial charge in [0, 0.05) is 6.42 Å². The first kappa shape index (κ1) is 25.7. The van der Waals surface area contributed by atoms with Crippen LogP contribution in [0.4, 0.5) is 5.13 Å². The number of nitriles is 1. The Hall–Kier alpha value is -3.96. The van der Waals surface area contributed by atoms with Gasteiger partial charge in [0.25, 0.3) is 5.91 Å². The normalized spacial score (nSPS) is 11.1. The lowest BCUT2D eigenvalue weighted by Crippen LogP contribution is -2.13.